The molecule has 0 aliphatic heterocycles. The lowest BCUT2D eigenvalue weighted by Crippen LogP contribution is -2.41. The largest absolute Gasteiger partial charge is 0.352 e. The number of carbonyl (C=O) groups excluding carboxylic acids is 2. The fraction of sp³-hybridized carbons (Fsp3) is 0.474. The van der Waals surface area contributed by atoms with Gasteiger partial charge in [-0.3, -0.25) is 14.4 Å². The molecule has 0 radical (unpaired) electrons. The van der Waals surface area contributed by atoms with Crippen LogP contribution < -0.4 is 10.9 Å². The van der Waals surface area contributed by atoms with Crippen LogP contribution in [0.15, 0.2) is 29.1 Å². The van der Waals surface area contributed by atoms with Crippen molar-refractivity contribution in [1.82, 2.24) is 20.0 Å². The highest BCUT2D eigenvalue weighted by Crippen LogP contribution is 2.15. The SMILES string of the molecule is CC(C)Cn1nc(C(=O)N(C)CC(=O)NC(C)C)c2ccccc2c1=O. The summed E-state index contributed by atoms with van der Waals surface area (Å²) in [6, 6.07) is 6.92. The Morgan fingerprint density at radius 1 is 1.15 bits per heavy atom. The Labute approximate surface area is 153 Å². The summed E-state index contributed by atoms with van der Waals surface area (Å²) in [5, 5.41) is 8.02. The molecule has 1 heterocycles. The zero-order valence-corrected chi connectivity index (χ0v) is 15.9. The number of fused-ring (bicyclic) bond motifs is 1. The van der Waals surface area contributed by atoms with Gasteiger partial charge in [0.25, 0.3) is 11.5 Å². The minimum absolute atomic E-state index is 0.00194. The van der Waals surface area contributed by atoms with E-state index in [4.69, 9.17) is 0 Å². The van der Waals surface area contributed by atoms with Gasteiger partial charge in [-0.05, 0) is 25.8 Å². The van der Waals surface area contributed by atoms with Crippen LogP contribution in [0.1, 0.15) is 38.2 Å². The molecule has 0 aliphatic carbocycles. The second-order valence-corrected chi connectivity index (χ2v) is 7.16. The van der Waals surface area contributed by atoms with Crippen molar-refractivity contribution >= 4 is 22.6 Å². The van der Waals surface area contributed by atoms with Crippen LogP contribution >= 0.6 is 0 Å². The summed E-state index contributed by atoms with van der Waals surface area (Å²) in [6.45, 7) is 8.02. The minimum atomic E-state index is -0.391. The first-order valence-corrected chi connectivity index (χ1v) is 8.75. The lowest BCUT2D eigenvalue weighted by molar-refractivity contribution is -0.122. The molecule has 26 heavy (non-hydrogen) atoms. The molecule has 1 N–H and O–H groups in total. The van der Waals surface area contributed by atoms with Crippen LogP contribution in [0.4, 0.5) is 0 Å². The molecule has 7 heteroatoms. The maximum Gasteiger partial charge on any atom is 0.275 e. The Morgan fingerprint density at radius 2 is 1.77 bits per heavy atom. The number of aromatic nitrogens is 2. The van der Waals surface area contributed by atoms with E-state index in [1.54, 1.807) is 31.3 Å². The van der Waals surface area contributed by atoms with Crippen LogP contribution in [0, 0.1) is 5.92 Å². The van der Waals surface area contributed by atoms with Gasteiger partial charge in [0.05, 0.1) is 11.9 Å². The number of benzene rings is 1. The molecule has 0 saturated heterocycles. The van der Waals surface area contributed by atoms with Gasteiger partial charge in [0.2, 0.25) is 5.91 Å². The monoisotopic (exact) mass is 358 g/mol. The summed E-state index contributed by atoms with van der Waals surface area (Å²) in [7, 11) is 1.55. The maximum atomic E-state index is 12.9. The molecule has 0 aliphatic rings. The molecule has 2 rings (SSSR count). The van der Waals surface area contributed by atoms with Crippen molar-refractivity contribution < 1.29 is 9.59 Å². The Hall–Kier alpha value is -2.70. The summed E-state index contributed by atoms with van der Waals surface area (Å²) in [5.74, 6) is -0.424. The third kappa shape index (κ3) is 4.47. The van der Waals surface area contributed by atoms with Crippen molar-refractivity contribution in [2.24, 2.45) is 5.92 Å². The first-order valence-electron chi connectivity index (χ1n) is 8.75. The van der Waals surface area contributed by atoms with Crippen LogP contribution in [0.3, 0.4) is 0 Å². The molecule has 1 aromatic carbocycles. The van der Waals surface area contributed by atoms with Gasteiger partial charge < -0.3 is 10.2 Å². The molecule has 0 fully saturated rings. The minimum Gasteiger partial charge on any atom is -0.352 e. The highest BCUT2D eigenvalue weighted by atomic mass is 16.2. The van der Waals surface area contributed by atoms with E-state index in [2.05, 4.69) is 10.4 Å². The van der Waals surface area contributed by atoms with Crippen molar-refractivity contribution in [1.29, 1.82) is 0 Å². The number of carbonyl (C=O) groups is 2. The van der Waals surface area contributed by atoms with E-state index in [1.807, 2.05) is 27.7 Å². The van der Waals surface area contributed by atoms with Crippen molar-refractivity contribution in [2.45, 2.75) is 40.3 Å². The van der Waals surface area contributed by atoms with E-state index in [0.717, 1.165) is 0 Å². The zero-order valence-electron chi connectivity index (χ0n) is 15.9. The predicted molar refractivity (Wildman–Crippen MR) is 101 cm³/mol. The highest BCUT2D eigenvalue weighted by Gasteiger charge is 2.21. The Bertz CT molecular complexity index is 871. The van der Waals surface area contributed by atoms with Crippen LogP contribution in [0.25, 0.3) is 10.8 Å². The number of nitrogens with zero attached hydrogens (tertiary/aromatic N) is 3. The smallest absolute Gasteiger partial charge is 0.275 e. The van der Waals surface area contributed by atoms with Gasteiger partial charge in [0.1, 0.15) is 0 Å². The van der Waals surface area contributed by atoms with Crippen LogP contribution in [-0.2, 0) is 11.3 Å². The third-order valence-corrected chi connectivity index (χ3v) is 3.79. The van der Waals surface area contributed by atoms with Crippen LogP contribution in [0.2, 0.25) is 0 Å². The van der Waals surface area contributed by atoms with Crippen molar-refractivity contribution in [3.63, 3.8) is 0 Å². The van der Waals surface area contributed by atoms with E-state index in [1.165, 1.54) is 9.58 Å². The zero-order chi connectivity index (χ0) is 19.4. The fourth-order valence-electron chi connectivity index (χ4n) is 2.70. The van der Waals surface area contributed by atoms with Gasteiger partial charge in [-0.1, -0.05) is 32.0 Å². The number of nitrogens with one attached hydrogen (secondary N) is 1. The van der Waals surface area contributed by atoms with E-state index in [9.17, 15) is 14.4 Å². The predicted octanol–water partition coefficient (Wildman–Crippen LogP) is 1.65. The first-order chi connectivity index (χ1) is 12.2. The Morgan fingerprint density at radius 3 is 2.35 bits per heavy atom. The maximum absolute atomic E-state index is 12.9. The first kappa shape index (κ1) is 19.6. The number of hydrogen-bond acceptors (Lipinski definition) is 4. The van der Waals surface area contributed by atoms with Gasteiger partial charge in [0.15, 0.2) is 5.69 Å². The summed E-state index contributed by atoms with van der Waals surface area (Å²) in [4.78, 5) is 38.8. The summed E-state index contributed by atoms with van der Waals surface area (Å²) >= 11 is 0. The van der Waals surface area contributed by atoms with Gasteiger partial charge in [0, 0.05) is 25.0 Å². The van der Waals surface area contributed by atoms with Crippen molar-refractivity contribution in [2.75, 3.05) is 13.6 Å². The number of rotatable bonds is 6. The van der Waals surface area contributed by atoms with E-state index < -0.39 is 5.91 Å². The van der Waals surface area contributed by atoms with Crippen LogP contribution in [-0.4, -0.2) is 46.1 Å². The van der Waals surface area contributed by atoms with Crippen molar-refractivity contribution in [3.8, 4) is 0 Å². The molecule has 0 atom stereocenters. The lowest BCUT2D eigenvalue weighted by atomic mass is 10.1. The fourth-order valence-corrected chi connectivity index (χ4v) is 2.70. The van der Waals surface area contributed by atoms with E-state index in [-0.39, 0.29) is 35.7 Å². The highest BCUT2D eigenvalue weighted by molar-refractivity contribution is 6.05. The summed E-state index contributed by atoms with van der Waals surface area (Å²) < 4.78 is 1.34. The molecule has 0 unspecified atom stereocenters. The van der Waals surface area contributed by atoms with Gasteiger partial charge >= 0.3 is 0 Å². The second kappa shape index (κ2) is 8.12. The van der Waals surface area contributed by atoms with Crippen LogP contribution in [0.5, 0.6) is 0 Å². The molecular weight excluding hydrogens is 332 g/mol. The molecule has 0 saturated carbocycles. The number of hydrogen-bond donors (Lipinski definition) is 1. The molecule has 2 amide bonds. The number of amides is 2. The average molecular weight is 358 g/mol. The molecule has 2 aromatic rings. The van der Waals surface area contributed by atoms with Crippen molar-refractivity contribution in [3.05, 3.63) is 40.3 Å². The molecule has 0 bridgehead atoms. The average Bonchev–Trinajstić information content (AvgIpc) is 2.55. The Kier molecular flexibility index (Phi) is 6.13. The summed E-state index contributed by atoms with van der Waals surface area (Å²) in [6.07, 6.45) is 0. The second-order valence-electron chi connectivity index (χ2n) is 7.16. The van der Waals surface area contributed by atoms with Gasteiger partial charge in [-0.2, -0.15) is 5.10 Å². The van der Waals surface area contributed by atoms with Gasteiger partial charge in [-0.15, -0.1) is 0 Å². The molecule has 140 valence electrons. The topological polar surface area (TPSA) is 84.3 Å². The van der Waals surface area contributed by atoms with Gasteiger partial charge in [-0.25, -0.2) is 4.68 Å². The molecule has 1 aromatic heterocycles. The summed E-state index contributed by atoms with van der Waals surface area (Å²) in [5.41, 5.74) is -0.0354. The lowest BCUT2D eigenvalue weighted by Gasteiger charge is -2.19. The third-order valence-electron chi connectivity index (χ3n) is 3.79. The number of likely N-dealkylation sites (N-methyl/N-ethyl adjacent to an activating group) is 1. The normalized spacial score (nSPS) is 11.2. The molecule has 7 nitrogen and oxygen atoms in total. The van der Waals surface area contributed by atoms with E-state index in [0.29, 0.717) is 17.3 Å². The molecule has 0 spiro atoms. The molecular formula is C19H26N4O3. The standard InChI is InChI=1S/C19H26N4O3/c1-12(2)10-23-18(25)15-9-7-6-8-14(15)17(21-23)19(26)22(5)11-16(24)20-13(3)4/h6-9,12-13H,10-11H2,1-5H3,(H,20,24). The van der Waals surface area contributed by atoms with E-state index >= 15 is 0 Å². The quantitative estimate of drug-likeness (QED) is 0.851. The Balaban J connectivity index is 2.44.